The van der Waals surface area contributed by atoms with Gasteiger partial charge < -0.3 is 15.0 Å². The molecular formula is C14H21ClN2O. The van der Waals surface area contributed by atoms with E-state index in [1.165, 1.54) is 0 Å². The average Bonchev–Trinajstić information content (AvgIpc) is 2.50. The molecule has 0 unspecified atom stereocenters. The smallest absolute Gasteiger partial charge is 0.142 e. The summed E-state index contributed by atoms with van der Waals surface area (Å²) in [5.41, 5.74) is 1.13. The van der Waals surface area contributed by atoms with E-state index in [9.17, 15) is 0 Å². The highest BCUT2D eigenvalue weighted by molar-refractivity contribution is 6.30. The molecule has 0 spiro atoms. The maximum Gasteiger partial charge on any atom is 0.142 e. The molecule has 1 aromatic carbocycles. The lowest BCUT2D eigenvalue weighted by Crippen LogP contribution is -2.48. The van der Waals surface area contributed by atoms with Crippen LogP contribution in [0.5, 0.6) is 5.75 Å². The number of anilines is 1. The maximum atomic E-state index is 6.13. The molecule has 0 saturated carbocycles. The minimum atomic E-state index is 0.0501. The first-order valence-electron chi connectivity index (χ1n) is 6.36. The average molecular weight is 269 g/mol. The molecule has 1 N–H and O–H groups in total. The van der Waals surface area contributed by atoms with Crippen LogP contribution in [0, 0.1) is 0 Å². The third kappa shape index (κ3) is 2.73. The molecule has 0 atom stereocenters. The second-order valence-corrected chi connectivity index (χ2v) is 5.75. The molecule has 2 rings (SSSR count). The standard InChI is InChI=1S/C14H21ClN2O/c1-14(2)10-16-7-4-8-17(14)12-9-11(15)5-6-13(12)18-3/h5-6,9,16H,4,7-8,10H2,1-3H3. The number of ether oxygens (including phenoxy) is 1. The van der Waals surface area contributed by atoms with Crippen LogP contribution in [0.3, 0.4) is 0 Å². The number of rotatable bonds is 2. The predicted octanol–water partition coefficient (Wildman–Crippen LogP) is 2.93. The van der Waals surface area contributed by atoms with Crippen LogP contribution in [-0.4, -0.2) is 32.3 Å². The highest BCUT2D eigenvalue weighted by Crippen LogP contribution is 2.35. The normalized spacial score (nSPS) is 19.4. The van der Waals surface area contributed by atoms with Crippen LogP contribution < -0.4 is 15.0 Å². The Bertz CT molecular complexity index is 420. The van der Waals surface area contributed by atoms with Gasteiger partial charge in [0.2, 0.25) is 0 Å². The quantitative estimate of drug-likeness (QED) is 0.893. The monoisotopic (exact) mass is 268 g/mol. The Morgan fingerprint density at radius 2 is 2.17 bits per heavy atom. The molecule has 0 amide bonds. The van der Waals surface area contributed by atoms with Gasteiger partial charge >= 0.3 is 0 Å². The fraction of sp³-hybridized carbons (Fsp3) is 0.571. The number of hydrogen-bond donors (Lipinski definition) is 1. The van der Waals surface area contributed by atoms with Crippen LogP contribution >= 0.6 is 11.6 Å². The first-order valence-corrected chi connectivity index (χ1v) is 6.74. The fourth-order valence-electron chi connectivity index (χ4n) is 2.48. The van der Waals surface area contributed by atoms with Crippen LogP contribution in [0.1, 0.15) is 20.3 Å². The van der Waals surface area contributed by atoms with Crippen molar-refractivity contribution in [2.75, 3.05) is 31.6 Å². The summed E-state index contributed by atoms with van der Waals surface area (Å²) >= 11 is 6.13. The van der Waals surface area contributed by atoms with Gasteiger partial charge in [0.05, 0.1) is 12.8 Å². The second-order valence-electron chi connectivity index (χ2n) is 5.31. The Morgan fingerprint density at radius 3 is 2.89 bits per heavy atom. The van der Waals surface area contributed by atoms with Gasteiger partial charge in [-0.2, -0.15) is 0 Å². The molecule has 0 bridgehead atoms. The highest BCUT2D eigenvalue weighted by atomic mass is 35.5. The zero-order valence-corrected chi connectivity index (χ0v) is 12.0. The number of benzene rings is 1. The van der Waals surface area contributed by atoms with E-state index in [0.717, 1.165) is 42.5 Å². The van der Waals surface area contributed by atoms with E-state index < -0.39 is 0 Å². The summed E-state index contributed by atoms with van der Waals surface area (Å²) in [6.45, 7) is 7.51. The van der Waals surface area contributed by atoms with E-state index in [-0.39, 0.29) is 5.54 Å². The molecule has 1 aliphatic rings. The van der Waals surface area contributed by atoms with Crippen LogP contribution in [-0.2, 0) is 0 Å². The number of nitrogens with zero attached hydrogens (tertiary/aromatic N) is 1. The summed E-state index contributed by atoms with van der Waals surface area (Å²) in [5, 5.41) is 4.22. The third-order valence-electron chi connectivity index (χ3n) is 3.46. The van der Waals surface area contributed by atoms with Gasteiger partial charge in [-0.15, -0.1) is 0 Å². The van der Waals surface area contributed by atoms with E-state index in [2.05, 4.69) is 24.1 Å². The summed E-state index contributed by atoms with van der Waals surface area (Å²) in [5.74, 6) is 0.884. The zero-order chi connectivity index (χ0) is 13.2. The Labute approximate surface area is 114 Å². The van der Waals surface area contributed by atoms with Gasteiger partial charge in [0.15, 0.2) is 0 Å². The van der Waals surface area contributed by atoms with Crippen molar-refractivity contribution in [1.29, 1.82) is 0 Å². The molecule has 1 aliphatic heterocycles. The molecule has 100 valence electrons. The van der Waals surface area contributed by atoms with Crippen LogP contribution in [0.4, 0.5) is 5.69 Å². The zero-order valence-electron chi connectivity index (χ0n) is 11.3. The van der Waals surface area contributed by atoms with Crippen molar-refractivity contribution in [3.63, 3.8) is 0 Å². The molecule has 1 heterocycles. The van der Waals surface area contributed by atoms with Crippen molar-refractivity contribution in [2.24, 2.45) is 0 Å². The van der Waals surface area contributed by atoms with Crippen molar-refractivity contribution in [3.05, 3.63) is 23.2 Å². The minimum Gasteiger partial charge on any atom is -0.495 e. The van der Waals surface area contributed by atoms with Gasteiger partial charge in [0.25, 0.3) is 0 Å². The molecule has 0 aliphatic carbocycles. The van der Waals surface area contributed by atoms with Gasteiger partial charge in [-0.25, -0.2) is 0 Å². The predicted molar refractivity (Wildman–Crippen MR) is 76.9 cm³/mol. The van der Waals surface area contributed by atoms with E-state index in [4.69, 9.17) is 16.3 Å². The van der Waals surface area contributed by atoms with Gasteiger partial charge in [0, 0.05) is 23.7 Å². The molecule has 18 heavy (non-hydrogen) atoms. The van der Waals surface area contributed by atoms with Crippen LogP contribution in [0.2, 0.25) is 5.02 Å². The van der Waals surface area contributed by atoms with Gasteiger partial charge in [-0.1, -0.05) is 11.6 Å². The second kappa shape index (κ2) is 5.37. The lowest BCUT2D eigenvalue weighted by Gasteiger charge is -2.39. The summed E-state index contributed by atoms with van der Waals surface area (Å²) in [4.78, 5) is 2.39. The minimum absolute atomic E-state index is 0.0501. The molecule has 0 radical (unpaired) electrons. The summed E-state index contributed by atoms with van der Waals surface area (Å²) < 4.78 is 5.47. The number of nitrogens with one attached hydrogen (secondary N) is 1. The van der Waals surface area contributed by atoms with E-state index >= 15 is 0 Å². The SMILES string of the molecule is COc1ccc(Cl)cc1N1CCCNCC1(C)C. The van der Waals surface area contributed by atoms with Gasteiger partial charge in [0.1, 0.15) is 5.75 Å². The number of methoxy groups -OCH3 is 1. The molecule has 4 heteroatoms. The van der Waals surface area contributed by atoms with Crippen LogP contribution in [0.15, 0.2) is 18.2 Å². The first-order chi connectivity index (χ1) is 8.54. The lowest BCUT2D eigenvalue weighted by molar-refractivity contribution is 0.404. The molecule has 1 aromatic rings. The Kier molecular flexibility index (Phi) is 4.03. The molecule has 1 fully saturated rings. The summed E-state index contributed by atoms with van der Waals surface area (Å²) in [7, 11) is 1.70. The van der Waals surface area contributed by atoms with Crippen molar-refractivity contribution < 1.29 is 4.74 Å². The van der Waals surface area contributed by atoms with Crippen LogP contribution in [0.25, 0.3) is 0 Å². The van der Waals surface area contributed by atoms with E-state index in [1.807, 2.05) is 18.2 Å². The third-order valence-corrected chi connectivity index (χ3v) is 3.69. The van der Waals surface area contributed by atoms with Gasteiger partial charge in [-0.3, -0.25) is 0 Å². The van der Waals surface area contributed by atoms with Gasteiger partial charge in [-0.05, 0) is 45.0 Å². The molecule has 1 saturated heterocycles. The summed E-state index contributed by atoms with van der Waals surface area (Å²) in [6.07, 6.45) is 1.12. The lowest BCUT2D eigenvalue weighted by atomic mass is 10.0. The topological polar surface area (TPSA) is 24.5 Å². The molecule has 3 nitrogen and oxygen atoms in total. The largest absolute Gasteiger partial charge is 0.495 e. The van der Waals surface area contributed by atoms with Crippen molar-refractivity contribution >= 4 is 17.3 Å². The first kappa shape index (κ1) is 13.5. The van der Waals surface area contributed by atoms with E-state index in [0.29, 0.717) is 0 Å². The van der Waals surface area contributed by atoms with Crippen molar-refractivity contribution in [2.45, 2.75) is 25.8 Å². The summed E-state index contributed by atoms with van der Waals surface area (Å²) in [6, 6.07) is 5.80. The van der Waals surface area contributed by atoms with Crippen molar-refractivity contribution in [1.82, 2.24) is 5.32 Å². The number of hydrogen-bond acceptors (Lipinski definition) is 3. The number of halogens is 1. The fourth-order valence-corrected chi connectivity index (χ4v) is 2.64. The Morgan fingerprint density at radius 1 is 1.39 bits per heavy atom. The Balaban J connectivity index is 2.41. The van der Waals surface area contributed by atoms with E-state index in [1.54, 1.807) is 7.11 Å². The van der Waals surface area contributed by atoms with Crippen molar-refractivity contribution in [3.8, 4) is 5.75 Å². The highest BCUT2D eigenvalue weighted by Gasteiger charge is 2.30. The Hall–Kier alpha value is -0.930. The maximum absolute atomic E-state index is 6.13. The molecular weight excluding hydrogens is 248 g/mol. The molecule has 0 aromatic heterocycles.